The summed E-state index contributed by atoms with van der Waals surface area (Å²) < 4.78 is 4.63. The number of ether oxygens (including phenoxy) is 1. The van der Waals surface area contributed by atoms with Gasteiger partial charge in [0, 0.05) is 0 Å². The Bertz CT molecular complexity index is 488. The van der Waals surface area contributed by atoms with Crippen molar-refractivity contribution in [2.75, 3.05) is 13.7 Å². The van der Waals surface area contributed by atoms with E-state index in [0.29, 0.717) is 13.0 Å². The Hall–Kier alpha value is -2.16. The number of carbonyl (C=O) groups excluding carboxylic acids is 3. The molecule has 0 aliphatic carbocycles. The second kappa shape index (κ2) is 9.21. The monoisotopic (exact) mass is 343 g/mol. The molecular weight excluding hydrogens is 318 g/mol. The molecule has 0 bridgehead atoms. The summed E-state index contributed by atoms with van der Waals surface area (Å²) in [6, 6.07) is -2.61. The number of amides is 2. The molecule has 1 saturated heterocycles. The van der Waals surface area contributed by atoms with Crippen molar-refractivity contribution in [2.24, 2.45) is 5.92 Å². The van der Waals surface area contributed by atoms with E-state index in [0.717, 1.165) is 6.42 Å². The van der Waals surface area contributed by atoms with Gasteiger partial charge in [0.2, 0.25) is 11.8 Å². The second-order valence-corrected chi connectivity index (χ2v) is 6.06. The van der Waals surface area contributed by atoms with Gasteiger partial charge in [0.25, 0.3) is 0 Å². The number of carboxylic acids is 1. The first kappa shape index (κ1) is 19.9. The van der Waals surface area contributed by atoms with Crippen LogP contribution in [0, 0.1) is 5.92 Å². The average molecular weight is 343 g/mol. The fourth-order valence-corrected chi connectivity index (χ4v) is 2.44. The van der Waals surface area contributed by atoms with Crippen LogP contribution in [0.5, 0.6) is 0 Å². The number of carbonyl (C=O) groups is 4. The lowest BCUT2D eigenvalue weighted by atomic mass is 10.0. The highest BCUT2D eigenvalue weighted by Gasteiger charge is 2.32. The minimum atomic E-state index is -1.26. The van der Waals surface area contributed by atoms with Crippen molar-refractivity contribution < 1.29 is 29.0 Å². The van der Waals surface area contributed by atoms with Gasteiger partial charge in [-0.1, -0.05) is 13.8 Å². The van der Waals surface area contributed by atoms with Gasteiger partial charge in [-0.3, -0.25) is 14.4 Å². The van der Waals surface area contributed by atoms with Crippen LogP contribution in [0.25, 0.3) is 0 Å². The molecule has 3 atom stereocenters. The average Bonchev–Trinajstić information content (AvgIpc) is 3.04. The molecule has 1 rings (SSSR count). The number of esters is 1. The van der Waals surface area contributed by atoms with Crippen LogP contribution in [0.3, 0.4) is 0 Å². The van der Waals surface area contributed by atoms with Crippen LogP contribution in [0.2, 0.25) is 0 Å². The smallest absolute Gasteiger partial charge is 0.328 e. The minimum absolute atomic E-state index is 0.251. The Labute approximate surface area is 140 Å². The van der Waals surface area contributed by atoms with Crippen molar-refractivity contribution in [3.05, 3.63) is 0 Å². The zero-order chi connectivity index (χ0) is 18.3. The van der Waals surface area contributed by atoms with Crippen LogP contribution < -0.4 is 16.0 Å². The maximum absolute atomic E-state index is 12.3. The van der Waals surface area contributed by atoms with Gasteiger partial charge in [0.15, 0.2) is 0 Å². The van der Waals surface area contributed by atoms with Crippen molar-refractivity contribution in [3.63, 3.8) is 0 Å². The Kier molecular flexibility index (Phi) is 7.63. The van der Waals surface area contributed by atoms with E-state index in [1.165, 1.54) is 7.11 Å². The summed E-state index contributed by atoms with van der Waals surface area (Å²) in [5, 5.41) is 16.8. The molecule has 136 valence electrons. The number of carboxylic acid groups (broad SMARTS) is 1. The number of methoxy groups -OCH3 is 1. The fraction of sp³-hybridized carbons (Fsp3) is 0.733. The van der Waals surface area contributed by atoms with Crippen LogP contribution >= 0.6 is 0 Å². The lowest BCUT2D eigenvalue weighted by molar-refractivity contribution is -0.147. The first-order chi connectivity index (χ1) is 11.3. The number of aliphatic carboxylic acids is 1. The summed E-state index contributed by atoms with van der Waals surface area (Å²) in [6.07, 6.45) is 0.895. The van der Waals surface area contributed by atoms with Gasteiger partial charge >= 0.3 is 11.9 Å². The molecule has 0 unspecified atom stereocenters. The van der Waals surface area contributed by atoms with E-state index in [-0.39, 0.29) is 5.92 Å². The molecule has 9 heteroatoms. The van der Waals surface area contributed by atoms with E-state index in [2.05, 4.69) is 20.7 Å². The van der Waals surface area contributed by atoms with Crippen LogP contribution in [-0.2, 0) is 23.9 Å². The summed E-state index contributed by atoms with van der Waals surface area (Å²) in [6.45, 7) is 4.13. The number of hydrogen-bond acceptors (Lipinski definition) is 6. The predicted molar refractivity (Wildman–Crippen MR) is 84.0 cm³/mol. The second-order valence-electron chi connectivity index (χ2n) is 6.06. The van der Waals surface area contributed by atoms with Crippen LogP contribution in [-0.4, -0.2) is 60.6 Å². The standard InChI is InChI=1S/C15H25N3O6/c1-8(2)12(15(23)24-3)18-14(22)10(7-11(19)20)17-13(21)9-5-4-6-16-9/h8-10,12,16H,4-7H2,1-3H3,(H,17,21)(H,18,22)(H,19,20)/t9-,10+,12-/m1/s1. The Morgan fingerprint density at radius 2 is 1.92 bits per heavy atom. The largest absolute Gasteiger partial charge is 0.481 e. The van der Waals surface area contributed by atoms with Gasteiger partial charge < -0.3 is 25.8 Å². The molecule has 0 aromatic heterocycles. The molecule has 1 aliphatic heterocycles. The summed E-state index contributed by atoms with van der Waals surface area (Å²) >= 11 is 0. The highest BCUT2D eigenvalue weighted by molar-refractivity contribution is 5.94. The summed E-state index contributed by atoms with van der Waals surface area (Å²) in [4.78, 5) is 47.2. The van der Waals surface area contributed by atoms with Gasteiger partial charge in [-0.25, -0.2) is 4.79 Å². The van der Waals surface area contributed by atoms with Gasteiger partial charge in [-0.2, -0.15) is 0 Å². The molecule has 0 radical (unpaired) electrons. The molecule has 1 heterocycles. The van der Waals surface area contributed by atoms with Crippen molar-refractivity contribution in [2.45, 2.75) is 51.2 Å². The van der Waals surface area contributed by atoms with Crippen LogP contribution in [0.4, 0.5) is 0 Å². The Balaban J connectivity index is 2.77. The highest BCUT2D eigenvalue weighted by atomic mass is 16.5. The highest BCUT2D eigenvalue weighted by Crippen LogP contribution is 2.08. The summed E-state index contributed by atoms with van der Waals surface area (Å²) in [7, 11) is 1.20. The van der Waals surface area contributed by atoms with E-state index >= 15 is 0 Å². The van der Waals surface area contributed by atoms with Crippen molar-refractivity contribution in [3.8, 4) is 0 Å². The molecule has 1 aliphatic rings. The van der Waals surface area contributed by atoms with E-state index < -0.39 is 48.3 Å². The normalized spacial score (nSPS) is 19.4. The number of hydrogen-bond donors (Lipinski definition) is 4. The predicted octanol–water partition coefficient (Wildman–Crippen LogP) is -0.988. The molecule has 24 heavy (non-hydrogen) atoms. The maximum atomic E-state index is 12.3. The summed E-state index contributed by atoms with van der Waals surface area (Å²) in [5.41, 5.74) is 0. The van der Waals surface area contributed by atoms with Crippen molar-refractivity contribution in [1.82, 2.24) is 16.0 Å². The quantitative estimate of drug-likeness (QED) is 0.416. The Morgan fingerprint density at radius 1 is 1.25 bits per heavy atom. The third-order valence-corrected chi connectivity index (χ3v) is 3.81. The first-order valence-electron chi connectivity index (χ1n) is 7.90. The zero-order valence-electron chi connectivity index (χ0n) is 14.1. The maximum Gasteiger partial charge on any atom is 0.328 e. The molecular formula is C15H25N3O6. The molecule has 0 aromatic carbocycles. The zero-order valence-corrected chi connectivity index (χ0v) is 14.1. The first-order valence-corrected chi connectivity index (χ1v) is 7.90. The van der Waals surface area contributed by atoms with Gasteiger partial charge in [0.1, 0.15) is 12.1 Å². The topological polar surface area (TPSA) is 134 Å². The van der Waals surface area contributed by atoms with E-state index in [1.807, 2.05) is 0 Å². The molecule has 0 aromatic rings. The number of nitrogens with one attached hydrogen (secondary N) is 3. The van der Waals surface area contributed by atoms with Crippen LogP contribution in [0.1, 0.15) is 33.1 Å². The summed E-state index contributed by atoms with van der Waals surface area (Å²) in [5.74, 6) is -3.26. The molecule has 1 fully saturated rings. The SMILES string of the molecule is COC(=O)[C@H](NC(=O)[C@H](CC(=O)O)NC(=O)[C@H]1CCCN1)C(C)C. The van der Waals surface area contributed by atoms with E-state index in [1.54, 1.807) is 13.8 Å². The van der Waals surface area contributed by atoms with Crippen molar-refractivity contribution in [1.29, 1.82) is 0 Å². The van der Waals surface area contributed by atoms with Crippen LogP contribution in [0.15, 0.2) is 0 Å². The van der Waals surface area contributed by atoms with E-state index in [9.17, 15) is 19.2 Å². The van der Waals surface area contributed by atoms with E-state index in [4.69, 9.17) is 5.11 Å². The molecule has 9 nitrogen and oxygen atoms in total. The van der Waals surface area contributed by atoms with Gasteiger partial charge in [-0.15, -0.1) is 0 Å². The third kappa shape index (κ3) is 5.80. The number of rotatable bonds is 8. The Morgan fingerprint density at radius 3 is 2.38 bits per heavy atom. The lowest BCUT2D eigenvalue weighted by Crippen LogP contribution is -2.56. The third-order valence-electron chi connectivity index (χ3n) is 3.81. The fourth-order valence-electron chi connectivity index (χ4n) is 2.44. The van der Waals surface area contributed by atoms with Gasteiger partial charge in [-0.05, 0) is 25.3 Å². The minimum Gasteiger partial charge on any atom is -0.481 e. The molecule has 4 N–H and O–H groups in total. The molecule has 0 saturated carbocycles. The molecule has 0 spiro atoms. The molecule has 2 amide bonds. The van der Waals surface area contributed by atoms with Gasteiger partial charge in [0.05, 0.1) is 19.6 Å². The lowest BCUT2D eigenvalue weighted by Gasteiger charge is -2.24. The van der Waals surface area contributed by atoms with Crippen molar-refractivity contribution >= 4 is 23.8 Å².